The Morgan fingerprint density at radius 3 is 2.52 bits per heavy atom. The lowest BCUT2D eigenvalue weighted by molar-refractivity contribution is -0.131. The number of carbonyl (C=O) groups is 2. The summed E-state index contributed by atoms with van der Waals surface area (Å²) in [6.07, 6.45) is 6.27. The van der Waals surface area contributed by atoms with Gasteiger partial charge in [-0.1, -0.05) is 75.4 Å². The molecule has 1 aliphatic rings. The monoisotopic (exact) mass is 595 g/mol. The van der Waals surface area contributed by atoms with E-state index in [4.69, 9.17) is 16.6 Å². The molecule has 2 heterocycles. The third-order valence-corrected chi connectivity index (χ3v) is 7.83. The summed E-state index contributed by atoms with van der Waals surface area (Å²) in [5.74, 6) is -0.120. The van der Waals surface area contributed by atoms with Gasteiger partial charge in [-0.15, -0.1) is 10.2 Å². The first-order chi connectivity index (χ1) is 20.1. The van der Waals surface area contributed by atoms with Gasteiger partial charge in [0.05, 0.1) is 12.6 Å². The minimum atomic E-state index is -0.822. The van der Waals surface area contributed by atoms with Gasteiger partial charge in [-0.3, -0.25) is 14.6 Å². The molecule has 224 valence electrons. The number of tetrazole rings is 1. The van der Waals surface area contributed by atoms with Gasteiger partial charge in [0.2, 0.25) is 0 Å². The molecule has 1 aromatic heterocycles. The molecule has 2 N–H and O–H groups in total. The number of amides is 2. The number of aromatic amines is 1. The second kappa shape index (κ2) is 14.0. The van der Waals surface area contributed by atoms with Gasteiger partial charge in [0.15, 0.2) is 5.82 Å². The predicted molar refractivity (Wildman–Crippen MR) is 161 cm³/mol. The Hall–Kier alpha value is -3.66. The molecule has 0 radical (unpaired) electrons. The van der Waals surface area contributed by atoms with Crippen LogP contribution in [-0.2, 0) is 11.3 Å². The summed E-state index contributed by atoms with van der Waals surface area (Å²) in [5, 5.41) is 16.6. The summed E-state index contributed by atoms with van der Waals surface area (Å²) in [6, 6.07) is 11.2. The normalized spacial score (nSPS) is 17.5. The number of halogens is 2. The summed E-state index contributed by atoms with van der Waals surface area (Å²) in [4.78, 5) is 33.8. The van der Waals surface area contributed by atoms with Crippen LogP contribution >= 0.6 is 11.6 Å². The lowest BCUT2D eigenvalue weighted by Crippen LogP contribution is -2.47. The standard InChI is InChI=1S/C31H39ClFN7O2/c1-5-6-7-10-26(21-11-13-22(14-12-21)29(41)34-19-27-36-38-39-37-27)40-30(42)28(23-16-24(32)18-25(33)17-23)35-31(40,4)15-8-9-20(2)3/h11-14,16-18,20,26H,5-10,15,19H2,1-4H3,(H,34,41)(H,36,37,38,39). The first-order valence-corrected chi connectivity index (χ1v) is 15.0. The van der Waals surface area contributed by atoms with Crippen molar-refractivity contribution in [2.45, 2.75) is 90.9 Å². The number of carbonyl (C=O) groups excluding carboxylic acids is 2. The van der Waals surface area contributed by atoms with Crippen LogP contribution in [0.2, 0.25) is 5.02 Å². The summed E-state index contributed by atoms with van der Waals surface area (Å²) in [7, 11) is 0. The van der Waals surface area contributed by atoms with Crippen molar-refractivity contribution in [2.75, 3.05) is 0 Å². The van der Waals surface area contributed by atoms with Crippen LogP contribution in [0, 0.1) is 11.7 Å². The molecule has 0 bridgehead atoms. The molecular weight excluding hydrogens is 557 g/mol. The molecular formula is C31H39ClFN7O2. The molecule has 2 aromatic carbocycles. The molecule has 0 fully saturated rings. The minimum absolute atomic E-state index is 0.151. The highest BCUT2D eigenvalue weighted by molar-refractivity contribution is 6.47. The molecule has 4 rings (SSSR count). The Morgan fingerprint density at radius 2 is 1.88 bits per heavy atom. The molecule has 2 amide bonds. The van der Waals surface area contributed by atoms with Crippen molar-refractivity contribution in [3.05, 3.63) is 75.8 Å². The van der Waals surface area contributed by atoms with Gasteiger partial charge < -0.3 is 10.2 Å². The molecule has 0 spiro atoms. The molecule has 0 saturated carbocycles. The number of rotatable bonds is 14. The van der Waals surface area contributed by atoms with Gasteiger partial charge in [0.1, 0.15) is 17.2 Å². The molecule has 0 aliphatic carbocycles. The Morgan fingerprint density at radius 1 is 1.12 bits per heavy atom. The fourth-order valence-corrected chi connectivity index (χ4v) is 5.68. The van der Waals surface area contributed by atoms with Crippen molar-refractivity contribution in [3.63, 3.8) is 0 Å². The lowest BCUT2D eigenvalue weighted by Gasteiger charge is -2.40. The number of nitrogens with one attached hydrogen (secondary N) is 2. The zero-order valence-electron chi connectivity index (χ0n) is 24.7. The maximum Gasteiger partial charge on any atom is 0.275 e. The van der Waals surface area contributed by atoms with Crippen molar-refractivity contribution in [1.29, 1.82) is 0 Å². The number of benzene rings is 2. The van der Waals surface area contributed by atoms with E-state index in [-0.39, 0.29) is 35.1 Å². The molecule has 42 heavy (non-hydrogen) atoms. The lowest BCUT2D eigenvalue weighted by atomic mass is 9.92. The summed E-state index contributed by atoms with van der Waals surface area (Å²) in [5.41, 5.74) is 1.17. The number of hydrogen-bond donors (Lipinski definition) is 2. The third-order valence-electron chi connectivity index (χ3n) is 7.61. The van der Waals surface area contributed by atoms with Gasteiger partial charge in [-0.2, -0.15) is 5.21 Å². The highest BCUT2D eigenvalue weighted by Crippen LogP contribution is 2.41. The fourth-order valence-electron chi connectivity index (χ4n) is 5.46. The van der Waals surface area contributed by atoms with E-state index in [1.165, 1.54) is 12.1 Å². The summed E-state index contributed by atoms with van der Waals surface area (Å²) in [6.45, 7) is 8.64. The number of unbranched alkanes of at least 4 members (excludes halogenated alkanes) is 2. The highest BCUT2D eigenvalue weighted by Gasteiger charge is 2.47. The minimum Gasteiger partial charge on any atom is -0.345 e. The molecule has 3 aromatic rings. The van der Waals surface area contributed by atoms with Gasteiger partial charge in [0.25, 0.3) is 11.8 Å². The van der Waals surface area contributed by atoms with Crippen LogP contribution in [0.5, 0.6) is 0 Å². The van der Waals surface area contributed by atoms with Crippen LogP contribution in [0.25, 0.3) is 0 Å². The Bertz CT molecular complexity index is 1370. The van der Waals surface area contributed by atoms with Crippen LogP contribution in [0.15, 0.2) is 47.5 Å². The van der Waals surface area contributed by atoms with E-state index in [2.05, 4.69) is 46.7 Å². The van der Waals surface area contributed by atoms with Crippen molar-refractivity contribution in [2.24, 2.45) is 10.9 Å². The van der Waals surface area contributed by atoms with Crippen molar-refractivity contribution in [1.82, 2.24) is 30.8 Å². The molecule has 9 nitrogen and oxygen atoms in total. The molecule has 1 aliphatic heterocycles. The average molecular weight is 596 g/mol. The van der Waals surface area contributed by atoms with Gasteiger partial charge in [0, 0.05) is 16.1 Å². The van der Waals surface area contributed by atoms with E-state index in [0.717, 1.165) is 44.1 Å². The summed E-state index contributed by atoms with van der Waals surface area (Å²) >= 11 is 6.17. The van der Waals surface area contributed by atoms with Crippen molar-refractivity contribution in [3.8, 4) is 0 Å². The zero-order chi connectivity index (χ0) is 30.3. The van der Waals surface area contributed by atoms with E-state index in [0.29, 0.717) is 29.3 Å². The smallest absolute Gasteiger partial charge is 0.275 e. The second-order valence-electron chi connectivity index (χ2n) is 11.4. The Labute approximate surface area is 251 Å². The second-order valence-corrected chi connectivity index (χ2v) is 11.9. The maximum absolute atomic E-state index is 14.3. The first-order valence-electron chi connectivity index (χ1n) is 14.6. The van der Waals surface area contributed by atoms with E-state index in [9.17, 15) is 14.0 Å². The van der Waals surface area contributed by atoms with Crippen LogP contribution in [0.4, 0.5) is 4.39 Å². The SMILES string of the molecule is CCCCCC(c1ccc(C(=O)NCc2nn[nH]n2)cc1)N1C(=O)C(c2cc(F)cc(Cl)c2)=NC1(C)CCCC(C)C. The van der Waals surface area contributed by atoms with Crippen LogP contribution in [-0.4, -0.2) is 48.7 Å². The number of H-pyrrole nitrogens is 1. The van der Waals surface area contributed by atoms with Crippen LogP contribution < -0.4 is 5.32 Å². The zero-order valence-corrected chi connectivity index (χ0v) is 25.4. The van der Waals surface area contributed by atoms with E-state index in [1.54, 1.807) is 18.2 Å². The van der Waals surface area contributed by atoms with E-state index in [1.807, 2.05) is 24.0 Å². The molecule has 2 atom stereocenters. The topological polar surface area (TPSA) is 116 Å². The predicted octanol–water partition coefficient (Wildman–Crippen LogP) is 6.42. The quantitative estimate of drug-likeness (QED) is 0.209. The first kappa shape index (κ1) is 31.3. The number of aromatic nitrogens is 4. The van der Waals surface area contributed by atoms with Crippen LogP contribution in [0.1, 0.15) is 106 Å². The Balaban J connectivity index is 1.66. The number of hydrogen-bond acceptors (Lipinski definition) is 6. The molecule has 11 heteroatoms. The van der Waals surface area contributed by atoms with Crippen molar-refractivity contribution < 1.29 is 14.0 Å². The van der Waals surface area contributed by atoms with E-state index >= 15 is 0 Å². The van der Waals surface area contributed by atoms with Gasteiger partial charge in [-0.05, 0) is 68.0 Å². The number of aliphatic imine (C=N–C) groups is 1. The molecule has 2 unspecified atom stereocenters. The Kier molecular flexibility index (Phi) is 10.4. The summed E-state index contributed by atoms with van der Waals surface area (Å²) < 4.78 is 14.3. The molecule has 0 saturated heterocycles. The number of nitrogens with zero attached hydrogens (tertiary/aromatic N) is 5. The highest BCUT2D eigenvalue weighted by atomic mass is 35.5. The largest absolute Gasteiger partial charge is 0.345 e. The third kappa shape index (κ3) is 7.59. The van der Waals surface area contributed by atoms with Crippen molar-refractivity contribution >= 4 is 29.1 Å². The average Bonchev–Trinajstić information content (AvgIpc) is 3.55. The van der Waals surface area contributed by atoms with Crippen LogP contribution in [0.3, 0.4) is 0 Å². The fraction of sp³-hybridized carbons (Fsp3) is 0.484. The maximum atomic E-state index is 14.3. The van der Waals surface area contributed by atoms with Gasteiger partial charge in [-0.25, -0.2) is 4.39 Å². The van der Waals surface area contributed by atoms with Gasteiger partial charge >= 0.3 is 0 Å². The van der Waals surface area contributed by atoms with E-state index < -0.39 is 11.5 Å².